The number of nitriles is 1. The molecule has 0 radical (unpaired) electrons. The van der Waals surface area contributed by atoms with Gasteiger partial charge in [0.05, 0.1) is 12.1 Å². The number of likely N-dealkylation sites (tertiary alicyclic amines) is 2. The molecule has 2 aliphatic heterocycles. The first-order chi connectivity index (χ1) is 21.8. The van der Waals surface area contributed by atoms with Gasteiger partial charge in [-0.2, -0.15) is 10.2 Å². The Kier molecular flexibility index (Phi) is 9.37. The van der Waals surface area contributed by atoms with Crippen molar-refractivity contribution in [3.8, 4) is 23.2 Å². The number of aromatic nitrogens is 3. The van der Waals surface area contributed by atoms with Crippen molar-refractivity contribution in [2.45, 2.75) is 70.5 Å². The number of aryl methyl sites for hydroxylation is 1. The van der Waals surface area contributed by atoms with Crippen molar-refractivity contribution in [1.29, 1.82) is 5.26 Å². The van der Waals surface area contributed by atoms with Crippen LogP contribution in [0.3, 0.4) is 0 Å². The van der Waals surface area contributed by atoms with Gasteiger partial charge in [-0.3, -0.25) is 4.79 Å². The fraction of sp³-hybridized carbons (Fsp3) is 0.455. The number of ether oxygens (including phenoxy) is 2. The van der Waals surface area contributed by atoms with Crippen LogP contribution < -0.4 is 10.1 Å². The number of nitrogens with zero attached hydrogens (tertiary/aromatic N) is 6. The molecule has 1 atom stereocenters. The molecule has 11 nitrogen and oxygen atoms in total. The number of carbonyl (C=O) groups is 2. The van der Waals surface area contributed by atoms with Gasteiger partial charge in [-0.05, 0) is 87.9 Å². The molecule has 0 aliphatic carbocycles. The molecule has 3 heterocycles. The number of hydrogen-bond acceptors (Lipinski definition) is 9. The largest absolute Gasteiger partial charge is 0.483 e. The summed E-state index contributed by atoms with van der Waals surface area (Å²) in [6.07, 6.45) is 1.64. The molecule has 1 unspecified atom stereocenters. The van der Waals surface area contributed by atoms with Crippen LogP contribution in [-0.4, -0.2) is 81.1 Å². The standard InChI is InChI=1S/C33H37F2N7O4/c1-21-15-25(6-7-26(21)22-9-13-42(14-10-22)31(44)46-32(2,3)4)39-30-38-19-37-29(40-30)23-5-8-27(24(16-23)17-36)45-28-11-12-41(20-43)18-33(28,34)35/h5-8,15-16,19-20,22,28H,9-14,18H2,1-4H3,(H,37,38,39,40). The minimum absolute atomic E-state index is 0.0222. The topological polar surface area (TPSA) is 134 Å². The van der Waals surface area contributed by atoms with Gasteiger partial charge in [0.15, 0.2) is 11.9 Å². The Hall–Kier alpha value is -4.86. The van der Waals surface area contributed by atoms with Crippen LogP contribution in [-0.2, 0) is 9.53 Å². The molecule has 1 N–H and O–H groups in total. The Morgan fingerprint density at radius 1 is 1.11 bits per heavy atom. The predicted octanol–water partition coefficient (Wildman–Crippen LogP) is 5.82. The summed E-state index contributed by atoms with van der Waals surface area (Å²) in [5.41, 5.74) is 3.14. The van der Waals surface area contributed by atoms with Crippen LogP contribution in [0.2, 0.25) is 0 Å². The maximum Gasteiger partial charge on any atom is 0.410 e. The van der Waals surface area contributed by atoms with E-state index in [1.807, 2.05) is 45.9 Å². The lowest BCUT2D eigenvalue weighted by Crippen LogP contribution is -2.53. The second-order valence-corrected chi connectivity index (χ2v) is 12.6. The number of benzene rings is 2. The zero-order valence-electron chi connectivity index (χ0n) is 26.3. The molecule has 46 heavy (non-hydrogen) atoms. The zero-order chi connectivity index (χ0) is 33.1. The molecule has 0 bridgehead atoms. The van der Waals surface area contributed by atoms with Crippen molar-refractivity contribution >= 4 is 24.1 Å². The summed E-state index contributed by atoms with van der Waals surface area (Å²) >= 11 is 0. The average molecular weight is 634 g/mol. The smallest absolute Gasteiger partial charge is 0.410 e. The van der Waals surface area contributed by atoms with Crippen molar-refractivity contribution in [2.75, 3.05) is 31.5 Å². The molecule has 2 amide bonds. The Morgan fingerprint density at radius 3 is 2.52 bits per heavy atom. The molecule has 0 spiro atoms. The highest BCUT2D eigenvalue weighted by molar-refractivity contribution is 5.68. The van der Waals surface area contributed by atoms with E-state index < -0.39 is 24.2 Å². The van der Waals surface area contributed by atoms with E-state index in [1.165, 1.54) is 24.0 Å². The lowest BCUT2D eigenvalue weighted by molar-refractivity contribution is -0.151. The Morgan fingerprint density at radius 2 is 1.87 bits per heavy atom. The summed E-state index contributed by atoms with van der Waals surface area (Å²) in [5.74, 6) is -2.32. The van der Waals surface area contributed by atoms with E-state index in [2.05, 4.69) is 26.3 Å². The lowest BCUT2D eigenvalue weighted by Gasteiger charge is -2.36. The maximum absolute atomic E-state index is 14.6. The fourth-order valence-corrected chi connectivity index (χ4v) is 5.73. The third-order valence-corrected chi connectivity index (χ3v) is 8.02. The fourth-order valence-electron chi connectivity index (χ4n) is 5.73. The van der Waals surface area contributed by atoms with E-state index in [1.54, 1.807) is 11.0 Å². The third-order valence-electron chi connectivity index (χ3n) is 8.02. The van der Waals surface area contributed by atoms with E-state index in [9.17, 15) is 23.6 Å². The van der Waals surface area contributed by atoms with Gasteiger partial charge in [0, 0.05) is 37.3 Å². The van der Waals surface area contributed by atoms with Crippen LogP contribution in [0.15, 0.2) is 42.7 Å². The molecule has 13 heteroatoms. The number of piperidine rings is 2. The average Bonchev–Trinajstić information content (AvgIpc) is 3.01. The molecule has 0 saturated carbocycles. The highest BCUT2D eigenvalue weighted by Crippen LogP contribution is 2.34. The van der Waals surface area contributed by atoms with Crippen molar-refractivity contribution in [3.05, 3.63) is 59.4 Å². The molecule has 1 aromatic heterocycles. The number of halogens is 2. The minimum atomic E-state index is -3.25. The summed E-state index contributed by atoms with van der Waals surface area (Å²) in [6, 6.07) is 12.6. The van der Waals surface area contributed by atoms with Crippen LogP contribution in [0.4, 0.5) is 25.2 Å². The van der Waals surface area contributed by atoms with Gasteiger partial charge in [-0.15, -0.1) is 0 Å². The van der Waals surface area contributed by atoms with Crippen LogP contribution >= 0.6 is 0 Å². The molecule has 3 aromatic rings. The summed E-state index contributed by atoms with van der Waals surface area (Å²) in [5, 5.41) is 12.9. The van der Waals surface area contributed by atoms with E-state index in [-0.39, 0.29) is 36.2 Å². The Bertz CT molecular complexity index is 1630. The molecular formula is C33H37F2N7O4. The Labute approximate surface area is 266 Å². The highest BCUT2D eigenvalue weighted by Gasteiger charge is 2.46. The third kappa shape index (κ3) is 7.67. The number of alkyl halides is 2. The van der Waals surface area contributed by atoms with Gasteiger partial charge in [0.1, 0.15) is 23.7 Å². The maximum atomic E-state index is 14.6. The van der Waals surface area contributed by atoms with Gasteiger partial charge in [0.25, 0.3) is 0 Å². The monoisotopic (exact) mass is 633 g/mol. The summed E-state index contributed by atoms with van der Waals surface area (Å²) < 4.78 is 40.2. The number of rotatable bonds is 7. The minimum Gasteiger partial charge on any atom is -0.483 e. The van der Waals surface area contributed by atoms with Gasteiger partial charge in [0.2, 0.25) is 12.4 Å². The highest BCUT2D eigenvalue weighted by atomic mass is 19.3. The van der Waals surface area contributed by atoms with E-state index in [0.717, 1.165) is 29.0 Å². The normalized spacial score (nSPS) is 18.4. The van der Waals surface area contributed by atoms with E-state index >= 15 is 0 Å². The van der Waals surface area contributed by atoms with E-state index in [4.69, 9.17) is 9.47 Å². The van der Waals surface area contributed by atoms with Gasteiger partial charge < -0.3 is 24.6 Å². The first kappa shape index (κ1) is 32.5. The summed E-state index contributed by atoms with van der Waals surface area (Å²) in [7, 11) is 0. The molecule has 2 aliphatic rings. The zero-order valence-corrected chi connectivity index (χ0v) is 26.3. The molecule has 5 rings (SSSR count). The summed E-state index contributed by atoms with van der Waals surface area (Å²) in [6.45, 7) is 8.33. The molecular weight excluding hydrogens is 596 g/mol. The molecule has 2 aromatic carbocycles. The number of hydrogen-bond donors (Lipinski definition) is 1. The SMILES string of the molecule is Cc1cc(Nc2ncnc(-c3ccc(OC4CCN(C=O)CC4(F)F)c(C#N)c3)n2)ccc1C1CCN(C(=O)OC(C)(C)C)CC1. The number of carbonyl (C=O) groups excluding carboxylic acids is 2. The van der Waals surface area contributed by atoms with Crippen LogP contribution in [0.5, 0.6) is 5.75 Å². The summed E-state index contributed by atoms with van der Waals surface area (Å²) in [4.78, 5) is 39.1. The first-order valence-electron chi connectivity index (χ1n) is 15.2. The van der Waals surface area contributed by atoms with E-state index in [0.29, 0.717) is 36.9 Å². The van der Waals surface area contributed by atoms with Crippen LogP contribution in [0.25, 0.3) is 11.4 Å². The van der Waals surface area contributed by atoms with Crippen molar-refractivity contribution in [2.24, 2.45) is 0 Å². The molecule has 2 fully saturated rings. The second-order valence-electron chi connectivity index (χ2n) is 12.6. The predicted molar refractivity (Wildman–Crippen MR) is 166 cm³/mol. The van der Waals surface area contributed by atoms with Crippen molar-refractivity contribution in [3.63, 3.8) is 0 Å². The van der Waals surface area contributed by atoms with Crippen LogP contribution in [0, 0.1) is 18.3 Å². The van der Waals surface area contributed by atoms with Crippen molar-refractivity contribution in [1.82, 2.24) is 24.8 Å². The second kappa shape index (κ2) is 13.2. The first-order valence-corrected chi connectivity index (χ1v) is 15.2. The quantitative estimate of drug-likeness (QED) is 0.320. The number of amides is 2. The van der Waals surface area contributed by atoms with Crippen molar-refractivity contribution < 1.29 is 27.8 Å². The molecule has 242 valence electrons. The van der Waals surface area contributed by atoms with Gasteiger partial charge in [-0.1, -0.05) is 6.07 Å². The van der Waals surface area contributed by atoms with Gasteiger partial charge in [-0.25, -0.2) is 23.5 Å². The van der Waals surface area contributed by atoms with Crippen LogP contribution in [0.1, 0.15) is 62.6 Å². The van der Waals surface area contributed by atoms with Gasteiger partial charge >= 0.3 is 12.0 Å². The molecule has 2 saturated heterocycles. The lowest BCUT2D eigenvalue weighted by atomic mass is 9.87. The number of anilines is 2. The number of nitrogens with one attached hydrogen (secondary N) is 1. The Balaban J connectivity index is 1.24.